The first kappa shape index (κ1) is 19.7. The van der Waals surface area contributed by atoms with Gasteiger partial charge in [-0.15, -0.1) is 0 Å². The quantitative estimate of drug-likeness (QED) is 0.456. The summed E-state index contributed by atoms with van der Waals surface area (Å²) >= 11 is 0. The zero-order valence-electron chi connectivity index (χ0n) is 17.1. The summed E-state index contributed by atoms with van der Waals surface area (Å²) in [5.74, 6) is -0.813. The summed E-state index contributed by atoms with van der Waals surface area (Å²) in [6.45, 7) is 0.685. The Bertz CT molecular complexity index is 1270. The van der Waals surface area contributed by atoms with Crippen molar-refractivity contribution < 1.29 is 14.4 Å². The molecule has 0 aliphatic carbocycles. The number of rotatable bonds is 7. The van der Waals surface area contributed by atoms with Gasteiger partial charge in [0.2, 0.25) is 5.91 Å². The molecule has 0 unspecified atom stereocenters. The van der Waals surface area contributed by atoms with Gasteiger partial charge in [-0.25, -0.2) is 4.98 Å². The van der Waals surface area contributed by atoms with Gasteiger partial charge < -0.3 is 9.72 Å². The van der Waals surface area contributed by atoms with Crippen molar-refractivity contribution >= 4 is 29.1 Å². The number of hydrogen-bond acceptors (Lipinski definition) is 5. The highest BCUT2D eigenvalue weighted by atomic mass is 16.2. The van der Waals surface area contributed by atoms with Gasteiger partial charge in [0.05, 0.1) is 35.2 Å². The number of nitrogens with zero attached hydrogens (tertiary/aromatic N) is 5. The molecule has 0 atom stereocenters. The summed E-state index contributed by atoms with van der Waals surface area (Å²) in [5, 5.41) is 7.08. The molecule has 4 heterocycles. The van der Waals surface area contributed by atoms with Gasteiger partial charge in [0, 0.05) is 31.6 Å². The molecule has 32 heavy (non-hydrogen) atoms. The fraction of sp³-hybridized carbons (Fsp3) is 0.174. The smallest absolute Gasteiger partial charge is 0.261 e. The molecule has 0 bridgehead atoms. The molecule has 1 N–H and O–H groups in total. The molecule has 4 aromatic rings. The van der Waals surface area contributed by atoms with Gasteiger partial charge in [-0.1, -0.05) is 18.2 Å². The molecule has 0 fully saturated rings. The van der Waals surface area contributed by atoms with E-state index in [4.69, 9.17) is 0 Å². The van der Waals surface area contributed by atoms with Crippen LogP contribution >= 0.6 is 0 Å². The Kier molecular flexibility index (Phi) is 4.98. The first-order valence-electron chi connectivity index (χ1n) is 10.3. The van der Waals surface area contributed by atoms with Crippen molar-refractivity contribution in [2.24, 2.45) is 0 Å². The monoisotopic (exact) mass is 428 g/mol. The maximum absolute atomic E-state index is 12.4. The van der Waals surface area contributed by atoms with Crippen LogP contribution in [0.5, 0.6) is 0 Å². The van der Waals surface area contributed by atoms with E-state index < -0.39 is 0 Å². The molecular weight excluding hydrogens is 408 g/mol. The van der Waals surface area contributed by atoms with E-state index in [2.05, 4.69) is 15.4 Å². The summed E-state index contributed by atoms with van der Waals surface area (Å²) in [6.07, 6.45) is 7.76. The Labute approximate surface area is 183 Å². The van der Waals surface area contributed by atoms with Crippen LogP contribution in [0.1, 0.15) is 39.3 Å². The fourth-order valence-corrected chi connectivity index (χ4v) is 3.81. The Morgan fingerprint density at radius 1 is 0.969 bits per heavy atom. The van der Waals surface area contributed by atoms with Crippen LogP contribution in [0, 0.1) is 0 Å². The second kappa shape index (κ2) is 8.10. The normalized spacial score (nSPS) is 13.1. The lowest BCUT2D eigenvalue weighted by Crippen LogP contribution is -2.31. The summed E-state index contributed by atoms with van der Waals surface area (Å²) in [4.78, 5) is 42.8. The van der Waals surface area contributed by atoms with E-state index in [0.29, 0.717) is 29.8 Å². The molecule has 0 spiro atoms. The van der Waals surface area contributed by atoms with Gasteiger partial charge >= 0.3 is 0 Å². The third-order valence-corrected chi connectivity index (χ3v) is 5.32. The predicted octanol–water partition coefficient (Wildman–Crippen LogP) is 2.59. The molecule has 0 saturated heterocycles. The number of carbonyl (C=O) groups excluding carboxylic acids is 3. The second-order valence-corrected chi connectivity index (χ2v) is 7.58. The third kappa shape index (κ3) is 3.76. The Morgan fingerprint density at radius 3 is 2.47 bits per heavy atom. The topological polar surface area (TPSA) is 102 Å². The Morgan fingerprint density at radius 2 is 1.72 bits per heavy atom. The number of fused-ring (bicyclic) bond motifs is 2. The number of aromatic nitrogens is 4. The van der Waals surface area contributed by atoms with E-state index in [0.717, 1.165) is 11.3 Å². The van der Waals surface area contributed by atoms with Gasteiger partial charge in [0.1, 0.15) is 5.65 Å². The van der Waals surface area contributed by atoms with Gasteiger partial charge in [-0.3, -0.25) is 24.0 Å². The van der Waals surface area contributed by atoms with Crippen molar-refractivity contribution in [1.82, 2.24) is 24.1 Å². The number of imide groups is 1. The molecular formula is C23H20N6O3. The number of hydrogen-bond donors (Lipinski definition) is 1. The van der Waals surface area contributed by atoms with E-state index in [1.807, 2.05) is 35.0 Å². The summed E-state index contributed by atoms with van der Waals surface area (Å²) < 4.78 is 3.64. The van der Waals surface area contributed by atoms with Crippen molar-refractivity contribution in [1.29, 1.82) is 0 Å². The van der Waals surface area contributed by atoms with E-state index in [-0.39, 0.29) is 30.7 Å². The third-order valence-electron chi connectivity index (χ3n) is 5.32. The lowest BCUT2D eigenvalue weighted by molar-refractivity contribution is -0.116. The van der Waals surface area contributed by atoms with Crippen molar-refractivity contribution in [3.05, 3.63) is 84.1 Å². The minimum atomic E-state index is -0.306. The van der Waals surface area contributed by atoms with Crippen LogP contribution in [0.15, 0.2) is 67.3 Å². The zero-order chi connectivity index (χ0) is 22.1. The van der Waals surface area contributed by atoms with Crippen LogP contribution in [-0.4, -0.2) is 48.3 Å². The molecule has 3 aromatic heterocycles. The van der Waals surface area contributed by atoms with Gasteiger partial charge in [0.15, 0.2) is 0 Å². The Hall–Kier alpha value is -4.27. The number of imidazole rings is 1. The number of nitrogens with one attached hydrogen (secondary N) is 1. The summed E-state index contributed by atoms with van der Waals surface area (Å²) in [7, 11) is 0. The average Bonchev–Trinajstić information content (AvgIpc) is 3.47. The molecule has 5 rings (SSSR count). The van der Waals surface area contributed by atoms with E-state index >= 15 is 0 Å². The van der Waals surface area contributed by atoms with Crippen molar-refractivity contribution in [3.63, 3.8) is 0 Å². The van der Waals surface area contributed by atoms with Crippen molar-refractivity contribution in [2.75, 3.05) is 11.9 Å². The summed E-state index contributed by atoms with van der Waals surface area (Å²) in [5.41, 5.74) is 3.14. The molecule has 1 aliphatic heterocycles. The van der Waals surface area contributed by atoms with Crippen LogP contribution in [0.2, 0.25) is 0 Å². The second-order valence-electron chi connectivity index (χ2n) is 7.58. The zero-order valence-corrected chi connectivity index (χ0v) is 17.1. The highest BCUT2D eigenvalue weighted by molar-refractivity contribution is 6.21. The van der Waals surface area contributed by atoms with Crippen molar-refractivity contribution in [2.45, 2.75) is 19.4 Å². The molecule has 9 nitrogen and oxygen atoms in total. The number of pyridine rings is 1. The minimum absolute atomic E-state index is 0.186. The van der Waals surface area contributed by atoms with Gasteiger partial charge in [-0.05, 0) is 30.7 Å². The molecule has 9 heteroatoms. The number of amides is 3. The number of carbonyl (C=O) groups is 3. The van der Waals surface area contributed by atoms with Gasteiger partial charge in [0.25, 0.3) is 11.8 Å². The van der Waals surface area contributed by atoms with E-state index in [9.17, 15) is 14.4 Å². The van der Waals surface area contributed by atoms with E-state index in [1.54, 1.807) is 41.3 Å². The SMILES string of the molecule is O=C(CCCN1C(=O)c2ccccc2C1=O)Nc1cnn(Cc2cn3ccccc3n2)c1. The lowest BCUT2D eigenvalue weighted by Gasteiger charge is -2.13. The molecule has 3 amide bonds. The average molecular weight is 428 g/mol. The molecule has 1 aromatic carbocycles. The molecule has 0 saturated carbocycles. The molecule has 0 radical (unpaired) electrons. The molecule has 160 valence electrons. The van der Waals surface area contributed by atoms with Crippen LogP contribution < -0.4 is 5.32 Å². The highest BCUT2D eigenvalue weighted by Gasteiger charge is 2.34. The van der Waals surface area contributed by atoms with E-state index in [1.165, 1.54) is 4.90 Å². The van der Waals surface area contributed by atoms with Crippen LogP contribution in [-0.2, 0) is 11.3 Å². The van der Waals surface area contributed by atoms with Crippen LogP contribution in [0.3, 0.4) is 0 Å². The van der Waals surface area contributed by atoms with Crippen LogP contribution in [0.25, 0.3) is 5.65 Å². The van der Waals surface area contributed by atoms with Gasteiger partial charge in [-0.2, -0.15) is 5.10 Å². The van der Waals surface area contributed by atoms with Crippen LogP contribution in [0.4, 0.5) is 5.69 Å². The maximum Gasteiger partial charge on any atom is 0.261 e. The van der Waals surface area contributed by atoms with Crippen molar-refractivity contribution in [3.8, 4) is 0 Å². The first-order valence-corrected chi connectivity index (χ1v) is 10.3. The number of benzene rings is 1. The minimum Gasteiger partial charge on any atom is -0.323 e. The fourth-order valence-electron chi connectivity index (χ4n) is 3.81. The predicted molar refractivity (Wildman–Crippen MR) is 116 cm³/mol. The first-order chi connectivity index (χ1) is 15.6. The largest absolute Gasteiger partial charge is 0.323 e. The molecule has 1 aliphatic rings. The highest BCUT2D eigenvalue weighted by Crippen LogP contribution is 2.22. The standard InChI is InChI=1S/C23H20N6O3/c30-21(9-5-11-29-22(31)18-6-1-2-7-19(18)23(29)32)26-16-12-24-28(14-16)15-17-13-27-10-4-3-8-20(27)25-17/h1-4,6-8,10,12-14H,5,9,11,15H2,(H,26,30). The Balaban J connectivity index is 1.12. The lowest BCUT2D eigenvalue weighted by atomic mass is 10.1. The number of anilines is 1. The summed E-state index contributed by atoms with van der Waals surface area (Å²) in [6, 6.07) is 12.6. The maximum atomic E-state index is 12.4.